The number of nitrogens with one attached hydrogen (secondary N) is 1. The largest absolute Gasteiger partial charge is 0.341 e. The van der Waals surface area contributed by atoms with Gasteiger partial charge in [-0.1, -0.05) is 6.07 Å². The highest BCUT2D eigenvalue weighted by Gasteiger charge is 2.06. The van der Waals surface area contributed by atoms with Gasteiger partial charge >= 0.3 is 6.03 Å². The Morgan fingerprint density at radius 3 is 3.00 bits per heavy atom. The molecule has 1 heterocycles. The number of aryl methyl sites for hydroxylation is 1. The van der Waals surface area contributed by atoms with E-state index in [2.05, 4.69) is 28.5 Å². The van der Waals surface area contributed by atoms with Crippen molar-refractivity contribution in [1.82, 2.24) is 19.8 Å². The van der Waals surface area contributed by atoms with Gasteiger partial charge in [0.15, 0.2) is 0 Å². The number of hydrogen-bond acceptors (Lipinski definition) is 2. The van der Waals surface area contributed by atoms with Crippen LogP contribution in [0.2, 0.25) is 0 Å². The first-order chi connectivity index (χ1) is 8.61. The van der Waals surface area contributed by atoms with E-state index < -0.39 is 0 Å². The van der Waals surface area contributed by atoms with Crippen LogP contribution in [0, 0.1) is 0 Å². The summed E-state index contributed by atoms with van der Waals surface area (Å²) in [5, 5.41) is 2.61. The van der Waals surface area contributed by atoms with Crippen LogP contribution in [0.1, 0.15) is 5.56 Å². The van der Waals surface area contributed by atoms with Gasteiger partial charge in [0.05, 0.1) is 17.4 Å². The Balaban J connectivity index is 2.06. The first-order valence-corrected chi connectivity index (χ1v) is 5.94. The van der Waals surface area contributed by atoms with Gasteiger partial charge in [0.2, 0.25) is 0 Å². The van der Waals surface area contributed by atoms with Crippen molar-refractivity contribution in [2.45, 2.75) is 6.42 Å². The number of urea groups is 1. The third-order valence-corrected chi connectivity index (χ3v) is 3.09. The molecule has 2 aromatic rings. The van der Waals surface area contributed by atoms with Gasteiger partial charge in [-0.25, -0.2) is 9.78 Å². The zero-order valence-corrected chi connectivity index (χ0v) is 11.0. The number of benzene rings is 1. The molecule has 1 aromatic heterocycles. The van der Waals surface area contributed by atoms with Crippen molar-refractivity contribution in [3.8, 4) is 0 Å². The summed E-state index contributed by atoms with van der Waals surface area (Å²) in [7, 11) is 5.41. The number of fused-ring (bicyclic) bond motifs is 1. The third kappa shape index (κ3) is 2.45. The smallest absolute Gasteiger partial charge is 0.316 e. The highest BCUT2D eigenvalue weighted by Crippen LogP contribution is 2.14. The fourth-order valence-electron chi connectivity index (χ4n) is 1.93. The number of aromatic nitrogens is 2. The van der Waals surface area contributed by atoms with E-state index >= 15 is 0 Å². The molecule has 18 heavy (non-hydrogen) atoms. The molecule has 0 spiro atoms. The van der Waals surface area contributed by atoms with Crippen LogP contribution in [-0.4, -0.2) is 41.1 Å². The summed E-state index contributed by atoms with van der Waals surface area (Å²) in [4.78, 5) is 17.3. The third-order valence-electron chi connectivity index (χ3n) is 3.09. The second kappa shape index (κ2) is 5.08. The average Bonchev–Trinajstić information content (AvgIpc) is 2.76. The van der Waals surface area contributed by atoms with E-state index in [1.165, 1.54) is 5.56 Å². The molecule has 5 nitrogen and oxygen atoms in total. The molecule has 0 radical (unpaired) electrons. The summed E-state index contributed by atoms with van der Waals surface area (Å²) in [6.07, 6.45) is 2.64. The van der Waals surface area contributed by atoms with Gasteiger partial charge < -0.3 is 14.8 Å². The predicted octanol–water partition coefficient (Wildman–Crippen LogP) is 1.39. The second-order valence-electron chi connectivity index (χ2n) is 4.41. The summed E-state index contributed by atoms with van der Waals surface area (Å²) in [6.45, 7) is 0.692. The van der Waals surface area contributed by atoms with Crippen LogP contribution in [0.4, 0.5) is 4.79 Å². The van der Waals surface area contributed by atoms with E-state index in [9.17, 15) is 4.79 Å². The molecule has 0 aliphatic rings. The molecular weight excluding hydrogens is 228 g/mol. The highest BCUT2D eigenvalue weighted by atomic mass is 16.2. The van der Waals surface area contributed by atoms with E-state index in [0.717, 1.165) is 17.5 Å². The predicted molar refractivity (Wildman–Crippen MR) is 71.5 cm³/mol. The monoisotopic (exact) mass is 246 g/mol. The summed E-state index contributed by atoms with van der Waals surface area (Å²) in [5.41, 5.74) is 3.31. The van der Waals surface area contributed by atoms with Gasteiger partial charge in [0.25, 0.3) is 0 Å². The van der Waals surface area contributed by atoms with Gasteiger partial charge in [0, 0.05) is 27.7 Å². The molecule has 5 heteroatoms. The summed E-state index contributed by atoms with van der Waals surface area (Å²) >= 11 is 0. The Morgan fingerprint density at radius 1 is 1.50 bits per heavy atom. The lowest BCUT2D eigenvalue weighted by Crippen LogP contribution is -2.36. The normalized spacial score (nSPS) is 10.6. The van der Waals surface area contributed by atoms with E-state index in [1.54, 1.807) is 19.0 Å². The molecule has 0 saturated heterocycles. The molecule has 2 rings (SSSR count). The fraction of sp³-hybridized carbons (Fsp3) is 0.385. The average molecular weight is 246 g/mol. The molecule has 0 bridgehead atoms. The lowest BCUT2D eigenvalue weighted by molar-refractivity contribution is 0.211. The topological polar surface area (TPSA) is 50.2 Å². The van der Waals surface area contributed by atoms with Crippen LogP contribution in [-0.2, 0) is 13.5 Å². The van der Waals surface area contributed by atoms with Crippen LogP contribution in [0.5, 0.6) is 0 Å². The van der Waals surface area contributed by atoms with Gasteiger partial charge in [-0.3, -0.25) is 0 Å². The molecule has 0 aliphatic carbocycles. The molecule has 1 N–H and O–H groups in total. The van der Waals surface area contributed by atoms with E-state index in [-0.39, 0.29) is 6.03 Å². The minimum Gasteiger partial charge on any atom is -0.341 e. The number of carbonyl (C=O) groups excluding carboxylic acids is 1. The zero-order valence-electron chi connectivity index (χ0n) is 11.0. The van der Waals surface area contributed by atoms with Crippen molar-refractivity contribution in [3.63, 3.8) is 0 Å². The minimum atomic E-state index is -0.0612. The lowest BCUT2D eigenvalue weighted by Gasteiger charge is -2.16. The molecule has 0 fully saturated rings. The van der Waals surface area contributed by atoms with Crippen molar-refractivity contribution in [2.75, 3.05) is 20.6 Å². The minimum absolute atomic E-state index is 0.0612. The van der Waals surface area contributed by atoms with Crippen molar-refractivity contribution in [2.24, 2.45) is 7.05 Å². The number of nitrogens with zero attached hydrogens (tertiary/aromatic N) is 3. The molecule has 0 unspecified atom stereocenters. The van der Waals surface area contributed by atoms with Crippen LogP contribution < -0.4 is 5.32 Å². The van der Waals surface area contributed by atoms with Gasteiger partial charge in [-0.2, -0.15) is 0 Å². The van der Waals surface area contributed by atoms with Crippen molar-refractivity contribution in [3.05, 3.63) is 30.1 Å². The fourth-order valence-corrected chi connectivity index (χ4v) is 1.93. The first-order valence-electron chi connectivity index (χ1n) is 5.94. The quantitative estimate of drug-likeness (QED) is 0.889. The summed E-state index contributed by atoms with van der Waals surface area (Å²) in [5.74, 6) is 0. The molecule has 0 saturated carbocycles. The Hall–Kier alpha value is -2.04. The van der Waals surface area contributed by atoms with E-state index in [1.807, 2.05) is 17.9 Å². The number of rotatable bonds is 3. The Labute approximate surface area is 106 Å². The van der Waals surface area contributed by atoms with Crippen molar-refractivity contribution < 1.29 is 4.79 Å². The highest BCUT2D eigenvalue weighted by molar-refractivity contribution is 5.76. The standard InChI is InChI=1S/C13H18N4O/c1-14-13(18)16(2)7-6-10-4-5-12-11(8-10)15-9-17(12)3/h4-5,8-9H,6-7H2,1-3H3,(H,14,18). The zero-order chi connectivity index (χ0) is 13.1. The SMILES string of the molecule is CNC(=O)N(C)CCc1ccc2c(c1)ncn2C. The van der Waals surface area contributed by atoms with Crippen LogP contribution in [0.15, 0.2) is 24.5 Å². The molecule has 2 amide bonds. The number of amides is 2. The summed E-state index contributed by atoms with van der Waals surface area (Å²) in [6, 6.07) is 6.17. The second-order valence-corrected chi connectivity index (χ2v) is 4.41. The lowest BCUT2D eigenvalue weighted by atomic mass is 10.1. The van der Waals surface area contributed by atoms with Crippen LogP contribution in [0.3, 0.4) is 0 Å². The molecular formula is C13H18N4O. The van der Waals surface area contributed by atoms with Crippen molar-refractivity contribution >= 4 is 17.1 Å². The maximum Gasteiger partial charge on any atom is 0.316 e. The van der Waals surface area contributed by atoms with E-state index in [4.69, 9.17) is 0 Å². The summed E-state index contributed by atoms with van der Waals surface area (Å²) < 4.78 is 2.00. The number of likely N-dealkylation sites (N-methyl/N-ethyl adjacent to an activating group) is 1. The van der Waals surface area contributed by atoms with Crippen LogP contribution >= 0.6 is 0 Å². The maximum absolute atomic E-state index is 11.3. The Kier molecular flexibility index (Phi) is 3.50. The van der Waals surface area contributed by atoms with Crippen LogP contribution in [0.25, 0.3) is 11.0 Å². The van der Waals surface area contributed by atoms with Gasteiger partial charge in [0.1, 0.15) is 0 Å². The first kappa shape index (κ1) is 12.4. The van der Waals surface area contributed by atoms with E-state index in [0.29, 0.717) is 6.54 Å². The number of imidazole rings is 1. The molecule has 0 aliphatic heterocycles. The van der Waals surface area contributed by atoms with Crippen molar-refractivity contribution in [1.29, 1.82) is 0 Å². The maximum atomic E-state index is 11.3. The number of hydrogen-bond donors (Lipinski definition) is 1. The van der Waals surface area contributed by atoms with Gasteiger partial charge in [-0.05, 0) is 24.1 Å². The molecule has 96 valence electrons. The molecule has 0 atom stereocenters. The van der Waals surface area contributed by atoms with Gasteiger partial charge in [-0.15, -0.1) is 0 Å². The number of carbonyl (C=O) groups is 1. The Bertz CT molecular complexity index is 561. The molecule has 1 aromatic carbocycles. The Morgan fingerprint density at radius 2 is 2.28 bits per heavy atom.